The van der Waals surface area contributed by atoms with Gasteiger partial charge in [0.1, 0.15) is 10.8 Å². The summed E-state index contributed by atoms with van der Waals surface area (Å²) in [6, 6.07) is 8.65. The van der Waals surface area contributed by atoms with Crippen LogP contribution in [-0.4, -0.2) is 4.98 Å². The van der Waals surface area contributed by atoms with Crippen LogP contribution in [0.4, 0.5) is 4.39 Å². The van der Waals surface area contributed by atoms with Crippen molar-refractivity contribution in [2.24, 2.45) is 0 Å². The zero-order chi connectivity index (χ0) is 13.8. The number of hydrogen-bond donors (Lipinski definition) is 1. The summed E-state index contributed by atoms with van der Waals surface area (Å²) in [5.41, 5.74) is 2.30. The van der Waals surface area contributed by atoms with Gasteiger partial charge >= 0.3 is 0 Å². The van der Waals surface area contributed by atoms with Crippen LogP contribution < -0.4 is 5.32 Å². The molecule has 0 atom stereocenters. The highest BCUT2D eigenvalue weighted by atomic mass is 32.1. The molecule has 0 radical (unpaired) electrons. The Balaban J connectivity index is 1.55. The first kappa shape index (κ1) is 13.4. The maximum atomic E-state index is 12.8. The molecule has 2 heterocycles. The van der Waals surface area contributed by atoms with Crippen LogP contribution in [-0.2, 0) is 13.1 Å². The van der Waals surface area contributed by atoms with Crippen LogP contribution in [0.1, 0.15) is 10.6 Å². The molecule has 0 bridgehead atoms. The Kier molecular flexibility index (Phi) is 4.20. The Morgan fingerprint density at radius 1 is 1.10 bits per heavy atom. The van der Waals surface area contributed by atoms with Crippen molar-refractivity contribution >= 4 is 22.7 Å². The average molecular weight is 304 g/mol. The summed E-state index contributed by atoms with van der Waals surface area (Å²) >= 11 is 3.39. The van der Waals surface area contributed by atoms with E-state index in [0.29, 0.717) is 6.54 Å². The highest BCUT2D eigenvalue weighted by Gasteiger charge is 2.04. The molecule has 5 heteroatoms. The quantitative estimate of drug-likeness (QED) is 0.760. The summed E-state index contributed by atoms with van der Waals surface area (Å²) < 4.78 is 12.8. The summed E-state index contributed by atoms with van der Waals surface area (Å²) in [7, 11) is 0. The van der Waals surface area contributed by atoms with E-state index in [0.717, 1.165) is 17.1 Å². The van der Waals surface area contributed by atoms with Crippen LogP contribution in [0.25, 0.3) is 10.4 Å². The van der Waals surface area contributed by atoms with Gasteiger partial charge in [0.25, 0.3) is 0 Å². The van der Waals surface area contributed by atoms with E-state index in [9.17, 15) is 4.39 Å². The van der Waals surface area contributed by atoms with E-state index < -0.39 is 0 Å². The van der Waals surface area contributed by atoms with Crippen molar-refractivity contribution in [3.63, 3.8) is 0 Å². The van der Waals surface area contributed by atoms with Crippen molar-refractivity contribution in [1.82, 2.24) is 10.3 Å². The van der Waals surface area contributed by atoms with Gasteiger partial charge in [0.15, 0.2) is 0 Å². The fraction of sp³-hybridized carbons (Fsp3) is 0.133. The van der Waals surface area contributed by atoms with Gasteiger partial charge < -0.3 is 5.32 Å². The summed E-state index contributed by atoms with van der Waals surface area (Å²) in [5.74, 6) is -0.200. The SMILES string of the molecule is Fc1ccc(CNCc2ncc(-c3ccsc3)s2)cc1. The Bertz CT molecular complexity index is 660. The molecule has 0 spiro atoms. The maximum absolute atomic E-state index is 12.8. The van der Waals surface area contributed by atoms with Crippen LogP contribution in [0.5, 0.6) is 0 Å². The van der Waals surface area contributed by atoms with Crippen molar-refractivity contribution in [2.45, 2.75) is 13.1 Å². The predicted molar refractivity (Wildman–Crippen MR) is 82.4 cm³/mol. The zero-order valence-corrected chi connectivity index (χ0v) is 12.3. The normalized spacial score (nSPS) is 10.8. The summed E-state index contributed by atoms with van der Waals surface area (Å²) in [6.45, 7) is 1.44. The molecule has 0 fully saturated rings. The first-order valence-electron chi connectivity index (χ1n) is 6.24. The van der Waals surface area contributed by atoms with E-state index in [1.165, 1.54) is 22.6 Å². The lowest BCUT2D eigenvalue weighted by Gasteiger charge is -2.02. The molecule has 0 unspecified atom stereocenters. The lowest BCUT2D eigenvalue weighted by Crippen LogP contribution is -2.12. The molecule has 1 aromatic carbocycles. The molecule has 20 heavy (non-hydrogen) atoms. The smallest absolute Gasteiger partial charge is 0.123 e. The molecule has 102 valence electrons. The molecule has 3 rings (SSSR count). The molecule has 3 aromatic rings. The minimum atomic E-state index is -0.200. The van der Waals surface area contributed by atoms with Gasteiger partial charge in [-0.3, -0.25) is 0 Å². The minimum Gasteiger partial charge on any atom is -0.306 e. The summed E-state index contributed by atoms with van der Waals surface area (Å²) in [6.07, 6.45) is 1.92. The molecule has 0 saturated carbocycles. The van der Waals surface area contributed by atoms with E-state index >= 15 is 0 Å². The molecule has 1 N–H and O–H groups in total. The van der Waals surface area contributed by atoms with Gasteiger partial charge in [0, 0.05) is 24.8 Å². The second-order valence-electron chi connectivity index (χ2n) is 4.36. The number of halogens is 1. The number of thiophene rings is 1. The Hall–Kier alpha value is -1.56. The number of nitrogens with zero attached hydrogens (tertiary/aromatic N) is 1. The molecule has 0 saturated heterocycles. The van der Waals surface area contributed by atoms with Gasteiger partial charge in [-0.2, -0.15) is 11.3 Å². The predicted octanol–water partition coefficient (Wildman–Crippen LogP) is 4.30. The number of hydrogen-bond acceptors (Lipinski definition) is 4. The molecule has 0 aliphatic carbocycles. The van der Waals surface area contributed by atoms with Crippen molar-refractivity contribution in [2.75, 3.05) is 0 Å². The zero-order valence-electron chi connectivity index (χ0n) is 10.7. The van der Waals surface area contributed by atoms with Crippen molar-refractivity contribution in [3.8, 4) is 10.4 Å². The molecule has 0 aliphatic rings. The van der Waals surface area contributed by atoms with Gasteiger partial charge in [-0.25, -0.2) is 9.37 Å². The molecule has 0 amide bonds. The number of rotatable bonds is 5. The highest BCUT2D eigenvalue weighted by molar-refractivity contribution is 7.15. The van der Waals surface area contributed by atoms with Gasteiger partial charge in [0.2, 0.25) is 0 Å². The lowest BCUT2D eigenvalue weighted by molar-refractivity contribution is 0.625. The largest absolute Gasteiger partial charge is 0.306 e. The van der Waals surface area contributed by atoms with Gasteiger partial charge in [-0.15, -0.1) is 11.3 Å². The molecular formula is C15H13FN2S2. The number of thiazole rings is 1. The van der Waals surface area contributed by atoms with Crippen molar-refractivity contribution in [3.05, 3.63) is 63.7 Å². The van der Waals surface area contributed by atoms with Crippen LogP contribution in [0.2, 0.25) is 0 Å². The third-order valence-electron chi connectivity index (χ3n) is 2.88. The van der Waals surface area contributed by atoms with E-state index in [1.54, 1.807) is 34.8 Å². The van der Waals surface area contributed by atoms with E-state index in [4.69, 9.17) is 0 Å². The van der Waals surface area contributed by atoms with Crippen LogP contribution in [0, 0.1) is 5.82 Å². The topological polar surface area (TPSA) is 24.9 Å². The molecule has 0 aliphatic heterocycles. The Morgan fingerprint density at radius 2 is 1.95 bits per heavy atom. The number of nitrogens with one attached hydrogen (secondary N) is 1. The monoisotopic (exact) mass is 304 g/mol. The van der Waals surface area contributed by atoms with E-state index in [1.807, 2.05) is 6.20 Å². The van der Waals surface area contributed by atoms with Crippen LogP contribution in [0.3, 0.4) is 0 Å². The lowest BCUT2D eigenvalue weighted by atomic mass is 10.2. The highest BCUT2D eigenvalue weighted by Crippen LogP contribution is 2.27. The summed E-state index contributed by atoms with van der Waals surface area (Å²) in [5, 5.41) is 8.59. The second kappa shape index (κ2) is 6.26. The third kappa shape index (κ3) is 3.30. The molecular weight excluding hydrogens is 291 g/mol. The Morgan fingerprint density at radius 3 is 2.70 bits per heavy atom. The number of benzene rings is 1. The standard InChI is InChI=1S/C15H13FN2S2/c16-13-3-1-11(2-4-13)7-17-9-15-18-8-14(20-15)12-5-6-19-10-12/h1-6,8,10,17H,7,9H2. The first-order valence-corrected chi connectivity index (χ1v) is 7.99. The molecule has 2 nitrogen and oxygen atoms in total. The fourth-order valence-corrected chi connectivity index (χ4v) is 3.46. The van der Waals surface area contributed by atoms with Gasteiger partial charge in [-0.1, -0.05) is 12.1 Å². The molecule has 2 aromatic heterocycles. The van der Waals surface area contributed by atoms with Gasteiger partial charge in [0.05, 0.1) is 4.88 Å². The van der Waals surface area contributed by atoms with E-state index in [2.05, 4.69) is 27.1 Å². The summed E-state index contributed by atoms with van der Waals surface area (Å²) in [4.78, 5) is 5.62. The third-order valence-corrected chi connectivity index (χ3v) is 4.61. The Labute approximate surface area is 124 Å². The van der Waals surface area contributed by atoms with Gasteiger partial charge in [-0.05, 0) is 34.5 Å². The fourth-order valence-electron chi connectivity index (χ4n) is 1.85. The van der Waals surface area contributed by atoms with Crippen molar-refractivity contribution in [1.29, 1.82) is 0 Å². The number of aromatic nitrogens is 1. The minimum absolute atomic E-state index is 0.200. The van der Waals surface area contributed by atoms with Crippen molar-refractivity contribution < 1.29 is 4.39 Å². The second-order valence-corrected chi connectivity index (χ2v) is 6.26. The average Bonchev–Trinajstić information content (AvgIpc) is 3.11. The van der Waals surface area contributed by atoms with E-state index in [-0.39, 0.29) is 5.82 Å². The van der Waals surface area contributed by atoms with Crippen LogP contribution in [0.15, 0.2) is 47.3 Å². The maximum Gasteiger partial charge on any atom is 0.123 e. The first-order chi connectivity index (χ1) is 9.81. The van der Waals surface area contributed by atoms with Crippen LogP contribution >= 0.6 is 22.7 Å².